The van der Waals surface area contributed by atoms with Crippen LogP contribution in [0.1, 0.15) is 33.9 Å². The van der Waals surface area contributed by atoms with Crippen LogP contribution in [0.2, 0.25) is 0 Å². The molecule has 0 aliphatic carbocycles. The van der Waals surface area contributed by atoms with Gasteiger partial charge < -0.3 is 9.84 Å². The maximum atomic E-state index is 15.5. The molecule has 11 heteroatoms. The van der Waals surface area contributed by atoms with Crippen LogP contribution in [0.3, 0.4) is 0 Å². The molecule has 2 atom stereocenters. The average Bonchev–Trinajstić information content (AvgIpc) is 3.39. The molecule has 0 bridgehead atoms. The minimum Gasteiger partial charge on any atom is -0.494 e. The summed E-state index contributed by atoms with van der Waals surface area (Å²) in [6.07, 6.45) is -5.39. The van der Waals surface area contributed by atoms with Crippen molar-refractivity contribution in [1.82, 2.24) is 4.57 Å². The minimum absolute atomic E-state index is 0.0804. The molecule has 0 saturated carbocycles. The number of hydrogen-bond donors (Lipinski definition) is 2. The van der Waals surface area contributed by atoms with Gasteiger partial charge in [0.1, 0.15) is 5.82 Å². The smallest absolute Gasteiger partial charge is 0.416 e. The van der Waals surface area contributed by atoms with E-state index in [1.165, 1.54) is 36.8 Å². The number of halogens is 5. The normalized spacial score (nSPS) is 16.4. The molecule has 0 amide bonds. The van der Waals surface area contributed by atoms with Gasteiger partial charge in [0.25, 0.3) is 5.56 Å². The topological polar surface area (TPSA) is 77.5 Å². The SMILES string of the molecule is COc1cccc(-c2c(C)c(Cc3c(F)cccc3C(F)(F)F)c3n(c2=O)C(C(N)(O)c2ccccc2)CS3)c1F. The Bertz CT molecular complexity index is 1690. The number of nitrogens with zero attached hydrogens (tertiary/aromatic N) is 1. The zero-order valence-corrected chi connectivity index (χ0v) is 22.7. The Morgan fingerprint density at radius 2 is 1.71 bits per heavy atom. The second kappa shape index (κ2) is 10.6. The van der Waals surface area contributed by atoms with Crippen molar-refractivity contribution in [3.05, 3.63) is 117 Å². The van der Waals surface area contributed by atoms with Gasteiger partial charge in [-0.3, -0.25) is 15.1 Å². The number of methoxy groups -OCH3 is 1. The number of thioether (sulfide) groups is 1. The summed E-state index contributed by atoms with van der Waals surface area (Å²) in [5, 5.41) is 11.7. The van der Waals surface area contributed by atoms with Crippen LogP contribution in [0.25, 0.3) is 11.1 Å². The van der Waals surface area contributed by atoms with E-state index in [9.17, 15) is 27.5 Å². The van der Waals surface area contributed by atoms with E-state index in [1.54, 1.807) is 30.3 Å². The van der Waals surface area contributed by atoms with Gasteiger partial charge in [0.2, 0.25) is 0 Å². The van der Waals surface area contributed by atoms with E-state index in [4.69, 9.17) is 10.5 Å². The lowest BCUT2D eigenvalue weighted by molar-refractivity contribution is -0.138. The lowest BCUT2D eigenvalue weighted by atomic mass is 9.91. The van der Waals surface area contributed by atoms with Gasteiger partial charge in [0.15, 0.2) is 17.3 Å². The number of alkyl halides is 3. The monoisotopic (exact) mass is 588 g/mol. The van der Waals surface area contributed by atoms with Crippen LogP contribution in [0.5, 0.6) is 5.75 Å². The molecular weight excluding hydrogens is 563 g/mol. The highest BCUT2D eigenvalue weighted by molar-refractivity contribution is 7.99. The van der Waals surface area contributed by atoms with Crippen LogP contribution >= 0.6 is 11.8 Å². The molecule has 5 rings (SSSR count). The third-order valence-electron chi connectivity index (χ3n) is 7.40. The molecule has 3 N–H and O–H groups in total. The molecular formula is C30H25F5N2O3S. The van der Waals surface area contributed by atoms with E-state index >= 15 is 4.39 Å². The van der Waals surface area contributed by atoms with E-state index in [-0.39, 0.29) is 38.8 Å². The average molecular weight is 589 g/mol. The number of hydrogen-bond acceptors (Lipinski definition) is 5. The zero-order valence-electron chi connectivity index (χ0n) is 21.9. The second-order valence-corrected chi connectivity index (χ2v) is 10.7. The second-order valence-electron chi connectivity index (χ2n) is 9.74. The highest BCUT2D eigenvalue weighted by Gasteiger charge is 2.43. The molecule has 0 saturated heterocycles. The van der Waals surface area contributed by atoms with Crippen LogP contribution in [0.15, 0.2) is 76.6 Å². The third kappa shape index (κ3) is 4.92. The first-order chi connectivity index (χ1) is 19.4. The summed E-state index contributed by atoms with van der Waals surface area (Å²) in [6, 6.07) is 14.0. The van der Waals surface area contributed by atoms with Crippen molar-refractivity contribution in [2.45, 2.75) is 36.3 Å². The van der Waals surface area contributed by atoms with Crippen molar-refractivity contribution >= 4 is 11.8 Å². The van der Waals surface area contributed by atoms with Crippen molar-refractivity contribution in [3.8, 4) is 16.9 Å². The number of benzene rings is 3. The molecule has 1 aromatic heterocycles. The fourth-order valence-electron chi connectivity index (χ4n) is 5.29. The Morgan fingerprint density at radius 1 is 1.02 bits per heavy atom. The van der Waals surface area contributed by atoms with Crippen LogP contribution in [-0.4, -0.2) is 22.5 Å². The number of nitrogens with two attached hydrogens (primary N) is 1. The summed E-state index contributed by atoms with van der Waals surface area (Å²) in [5.74, 6) is -1.99. The van der Waals surface area contributed by atoms with E-state index in [1.807, 2.05) is 0 Å². The van der Waals surface area contributed by atoms with Gasteiger partial charge in [-0.1, -0.05) is 48.5 Å². The van der Waals surface area contributed by atoms with Gasteiger partial charge in [0.05, 0.1) is 29.3 Å². The van der Waals surface area contributed by atoms with E-state index in [0.29, 0.717) is 5.56 Å². The summed E-state index contributed by atoms with van der Waals surface area (Å²) in [4.78, 5) is 14.1. The predicted molar refractivity (Wildman–Crippen MR) is 146 cm³/mol. The van der Waals surface area contributed by atoms with Crippen LogP contribution < -0.4 is 16.0 Å². The summed E-state index contributed by atoms with van der Waals surface area (Å²) < 4.78 is 78.6. The summed E-state index contributed by atoms with van der Waals surface area (Å²) in [6.45, 7) is 1.49. The number of aromatic nitrogens is 1. The molecule has 0 radical (unpaired) electrons. The van der Waals surface area contributed by atoms with Crippen LogP contribution in [0.4, 0.5) is 22.0 Å². The van der Waals surface area contributed by atoms with Gasteiger partial charge in [-0.2, -0.15) is 13.2 Å². The predicted octanol–water partition coefficient (Wildman–Crippen LogP) is 6.17. The van der Waals surface area contributed by atoms with Crippen LogP contribution in [0, 0.1) is 18.6 Å². The first-order valence-corrected chi connectivity index (χ1v) is 13.5. The summed E-state index contributed by atoms with van der Waals surface area (Å²) >= 11 is 1.11. The molecule has 214 valence electrons. The Labute approximate surface area is 236 Å². The van der Waals surface area contributed by atoms with E-state index in [2.05, 4.69) is 0 Å². The van der Waals surface area contributed by atoms with Gasteiger partial charge in [-0.15, -0.1) is 11.8 Å². The highest BCUT2D eigenvalue weighted by Crippen LogP contribution is 2.45. The third-order valence-corrected chi connectivity index (χ3v) is 8.60. The molecule has 5 nitrogen and oxygen atoms in total. The Kier molecular flexibility index (Phi) is 7.47. The standard InChI is InChI=1S/C30H25F5N2O3S/c1-16-19(14-20-21(30(33,34)35)11-7-12-22(20)31)28-37(24(15-41-28)29(36,39)17-8-4-3-5-9-17)27(38)25(16)18-10-6-13-23(40-2)26(18)32/h3-13,24,39H,14-15,36H2,1-2H3. The first-order valence-electron chi connectivity index (χ1n) is 12.5. The maximum Gasteiger partial charge on any atom is 0.416 e. The largest absolute Gasteiger partial charge is 0.494 e. The number of pyridine rings is 1. The van der Waals surface area contributed by atoms with Crippen molar-refractivity contribution in [1.29, 1.82) is 0 Å². The van der Waals surface area contributed by atoms with E-state index in [0.717, 1.165) is 30.0 Å². The fourth-order valence-corrected chi connectivity index (χ4v) is 6.76. The van der Waals surface area contributed by atoms with Gasteiger partial charge >= 0.3 is 6.18 Å². The summed E-state index contributed by atoms with van der Waals surface area (Å²) in [7, 11) is 1.26. The number of rotatable bonds is 6. The van der Waals surface area contributed by atoms with Crippen molar-refractivity contribution in [2.75, 3.05) is 12.9 Å². The number of fused-ring (bicyclic) bond motifs is 1. The Balaban J connectivity index is 1.82. The Morgan fingerprint density at radius 3 is 2.37 bits per heavy atom. The quantitative estimate of drug-likeness (QED) is 0.208. The molecule has 2 unspecified atom stereocenters. The molecule has 3 aromatic carbocycles. The fraction of sp³-hybridized carbons (Fsp3) is 0.233. The van der Waals surface area contributed by atoms with Crippen molar-refractivity contribution in [3.63, 3.8) is 0 Å². The van der Waals surface area contributed by atoms with Gasteiger partial charge in [-0.25, -0.2) is 8.78 Å². The molecule has 41 heavy (non-hydrogen) atoms. The molecule has 0 fully saturated rings. The van der Waals surface area contributed by atoms with E-state index < -0.39 is 52.7 Å². The highest BCUT2D eigenvalue weighted by atomic mass is 32.2. The molecule has 0 spiro atoms. The molecule has 1 aliphatic heterocycles. The first kappa shape index (κ1) is 28.8. The lowest BCUT2D eigenvalue weighted by Crippen LogP contribution is -2.48. The van der Waals surface area contributed by atoms with Crippen molar-refractivity contribution in [2.24, 2.45) is 5.73 Å². The lowest BCUT2D eigenvalue weighted by Gasteiger charge is -2.32. The maximum absolute atomic E-state index is 15.5. The zero-order chi connectivity index (χ0) is 29.7. The molecule has 2 heterocycles. The van der Waals surface area contributed by atoms with Gasteiger partial charge in [0, 0.05) is 28.9 Å². The molecule has 4 aromatic rings. The number of ether oxygens (including phenoxy) is 1. The minimum atomic E-state index is -4.84. The van der Waals surface area contributed by atoms with Crippen LogP contribution in [-0.2, 0) is 18.3 Å². The molecule has 1 aliphatic rings. The summed E-state index contributed by atoms with van der Waals surface area (Å²) in [5.41, 5.74) is 2.24. The Hall–Kier alpha value is -3.67. The van der Waals surface area contributed by atoms with Gasteiger partial charge in [-0.05, 0) is 36.2 Å². The van der Waals surface area contributed by atoms with Crippen molar-refractivity contribution < 1.29 is 31.8 Å². The number of aliphatic hydroxyl groups is 1.